The first-order chi connectivity index (χ1) is 6.24. The van der Waals surface area contributed by atoms with Crippen molar-refractivity contribution in [1.82, 2.24) is 0 Å². The molecule has 1 N–H and O–H groups in total. The zero-order chi connectivity index (χ0) is 9.68. The van der Waals surface area contributed by atoms with E-state index in [4.69, 9.17) is 5.11 Å². The highest BCUT2D eigenvalue weighted by Crippen LogP contribution is 2.08. The van der Waals surface area contributed by atoms with E-state index in [1.165, 1.54) is 0 Å². The van der Waals surface area contributed by atoms with E-state index in [0.717, 1.165) is 5.56 Å². The van der Waals surface area contributed by atoms with Crippen LogP contribution in [-0.4, -0.2) is 17.5 Å². The molecule has 1 unspecified atom stereocenters. The van der Waals surface area contributed by atoms with E-state index in [9.17, 15) is 4.79 Å². The highest BCUT2D eigenvalue weighted by atomic mass is 16.3. The molecule has 0 spiro atoms. The van der Waals surface area contributed by atoms with Crippen molar-refractivity contribution in [2.75, 3.05) is 6.61 Å². The SMILES string of the molecule is CC(CO)CC(=O)c1ccccc1. The van der Waals surface area contributed by atoms with E-state index in [2.05, 4.69) is 0 Å². The summed E-state index contributed by atoms with van der Waals surface area (Å²) in [6.45, 7) is 1.93. The van der Waals surface area contributed by atoms with E-state index in [1.54, 1.807) is 12.1 Å². The number of rotatable bonds is 4. The van der Waals surface area contributed by atoms with Crippen LogP contribution in [0.4, 0.5) is 0 Å². The van der Waals surface area contributed by atoms with Crippen molar-refractivity contribution < 1.29 is 9.90 Å². The van der Waals surface area contributed by atoms with Crippen molar-refractivity contribution in [2.45, 2.75) is 13.3 Å². The Balaban J connectivity index is 2.59. The van der Waals surface area contributed by atoms with Crippen LogP contribution in [0.15, 0.2) is 30.3 Å². The Hall–Kier alpha value is -1.15. The van der Waals surface area contributed by atoms with E-state index >= 15 is 0 Å². The van der Waals surface area contributed by atoms with Crippen LogP contribution in [0.25, 0.3) is 0 Å². The van der Waals surface area contributed by atoms with Gasteiger partial charge in [0.05, 0.1) is 0 Å². The number of hydrogen-bond donors (Lipinski definition) is 1. The van der Waals surface area contributed by atoms with Crippen LogP contribution in [-0.2, 0) is 0 Å². The molecule has 1 atom stereocenters. The summed E-state index contributed by atoms with van der Waals surface area (Å²) in [5, 5.41) is 8.78. The van der Waals surface area contributed by atoms with Crippen LogP contribution < -0.4 is 0 Å². The Kier molecular flexibility index (Phi) is 3.65. The van der Waals surface area contributed by atoms with Crippen LogP contribution in [0.1, 0.15) is 23.7 Å². The highest BCUT2D eigenvalue weighted by molar-refractivity contribution is 5.96. The monoisotopic (exact) mass is 178 g/mol. The minimum Gasteiger partial charge on any atom is -0.396 e. The van der Waals surface area contributed by atoms with E-state index in [-0.39, 0.29) is 18.3 Å². The topological polar surface area (TPSA) is 37.3 Å². The molecule has 0 heterocycles. The quantitative estimate of drug-likeness (QED) is 0.715. The predicted molar refractivity (Wildman–Crippen MR) is 51.6 cm³/mol. The summed E-state index contributed by atoms with van der Waals surface area (Å²) in [6, 6.07) is 9.17. The number of aliphatic hydroxyl groups is 1. The summed E-state index contributed by atoms with van der Waals surface area (Å²) in [6.07, 6.45) is 0.417. The zero-order valence-corrected chi connectivity index (χ0v) is 7.73. The molecule has 0 aliphatic carbocycles. The lowest BCUT2D eigenvalue weighted by atomic mass is 10.0. The lowest BCUT2D eigenvalue weighted by molar-refractivity contribution is 0.0943. The van der Waals surface area contributed by atoms with E-state index in [0.29, 0.717) is 6.42 Å². The van der Waals surface area contributed by atoms with Crippen molar-refractivity contribution in [3.8, 4) is 0 Å². The van der Waals surface area contributed by atoms with Gasteiger partial charge in [0.25, 0.3) is 0 Å². The maximum Gasteiger partial charge on any atom is 0.163 e. The van der Waals surface area contributed by atoms with Gasteiger partial charge in [-0.2, -0.15) is 0 Å². The highest BCUT2D eigenvalue weighted by Gasteiger charge is 2.09. The van der Waals surface area contributed by atoms with E-state index < -0.39 is 0 Å². The normalized spacial score (nSPS) is 12.5. The van der Waals surface area contributed by atoms with Gasteiger partial charge >= 0.3 is 0 Å². The second-order valence-corrected chi connectivity index (χ2v) is 3.28. The molecule has 0 radical (unpaired) electrons. The van der Waals surface area contributed by atoms with Crippen LogP contribution in [0.5, 0.6) is 0 Å². The predicted octanol–water partition coefficient (Wildman–Crippen LogP) is 1.89. The van der Waals surface area contributed by atoms with Gasteiger partial charge in [0.15, 0.2) is 5.78 Å². The first-order valence-electron chi connectivity index (χ1n) is 4.43. The Bertz CT molecular complexity index is 267. The molecular weight excluding hydrogens is 164 g/mol. The van der Waals surface area contributed by atoms with Crippen molar-refractivity contribution >= 4 is 5.78 Å². The maximum absolute atomic E-state index is 11.5. The minimum absolute atomic E-state index is 0.0488. The molecule has 0 aliphatic heterocycles. The van der Waals surface area contributed by atoms with Gasteiger partial charge in [-0.15, -0.1) is 0 Å². The molecule has 0 amide bonds. The second kappa shape index (κ2) is 4.77. The number of carbonyl (C=O) groups is 1. The van der Waals surface area contributed by atoms with Gasteiger partial charge in [-0.3, -0.25) is 4.79 Å². The number of ketones is 1. The summed E-state index contributed by atoms with van der Waals surface area (Å²) in [5.41, 5.74) is 0.725. The lowest BCUT2D eigenvalue weighted by Crippen LogP contribution is -2.08. The lowest BCUT2D eigenvalue weighted by Gasteiger charge is -2.05. The Morgan fingerprint density at radius 3 is 2.54 bits per heavy atom. The third-order valence-corrected chi connectivity index (χ3v) is 1.94. The Morgan fingerprint density at radius 2 is 2.00 bits per heavy atom. The summed E-state index contributed by atoms with van der Waals surface area (Å²) in [7, 11) is 0. The molecule has 1 aromatic carbocycles. The molecule has 0 aromatic heterocycles. The minimum atomic E-state index is 0.0488. The third-order valence-electron chi connectivity index (χ3n) is 1.94. The molecule has 13 heavy (non-hydrogen) atoms. The molecule has 0 fully saturated rings. The summed E-state index contributed by atoms with van der Waals surface area (Å²) in [5.74, 6) is 0.148. The van der Waals surface area contributed by atoms with E-state index in [1.807, 2.05) is 25.1 Å². The van der Waals surface area contributed by atoms with Gasteiger partial charge in [0.2, 0.25) is 0 Å². The molecule has 2 nitrogen and oxygen atoms in total. The largest absolute Gasteiger partial charge is 0.396 e. The molecule has 2 heteroatoms. The van der Waals surface area contributed by atoms with Crippen LogP contribution in [0, 0.1) is 5.92 Å². The van der Waals surface area contributed by atoms with Gasteiger partial charge in [-0.1, -0.05) is 37.3 Å². The van der Waals surface area contributed by atoms with Gasteiger partial charge in [0.1, 0.15) is 0 Å². The molecule has 70 valence electrons. The van der Waals surface area contributed by atoms with Crippen LogP contribution >= 0.6 is 0 Å². The first-order valence-corrected chi connectivity index (χ1v) is 4.43. The third kappa shape index (κ3) is 2.99. The number of Topliss-reactive ketones (excluding diaryl/α,β-unsaturated/α-hetero) is 1. The summed E-state index contributed by atoms with van der Waals surface area (Å²) in [4.78, 5) is 11.5. The first kappa shape index (κ1) is 9.93. The van der Waals surface area contributed by atoms with Crippen molar-refractivity contribution in [3.05, 3.63) is 35.9 Å². The number of carbonyl (C=O) groups excluding carboxylic acids is 1. The number of hydrogen-bond acceptors (Lipinski definition) is 2. The number of aliphatic hydroxyl groups excluding tert-OH is 1. The van der Waals surface area contributed by atoms with Crippen LogP contribution in [0.2, 0.25) is 0 Å². The summed E-state index contributed by atoms with van der Waals surface area (Å²) < 4.78 is 0. The van der Waals surface area contributed by atoms with Gasteiger partial charge in [-0.05, 0) is 5.92 Å². The molecule has 0 saturated heterocycles. The average Bonchev–Trinajstić information content (AvgIpc) is 2.19. The fourth-order valence-electron chi connectivity index (χ4n) is 1.12. The zero-order valence-electron chi connectivity index (χ0n) is 7.73. The Morgan fingerprint density at radius 1 is 1.38 bits per heavy atom. The fourth-order valence-corrected chi connectivity index (χ4v) is 1.12. The molecular formula is C11H14O2. The molecule has 0 saturated carbocycles. The Labute approximate surface area is 78.2 Å². The smallest absolute Gasteiger partial charge is 0.163 e. The maximum atomic E-state index is 11.5. The van der Waals surface area contributed by atoms with Crippen molar-refractivity contribution in [2.24, 2.45) is 5.92 Å². The average molecular weight is 178 g/mol. The van der Waals surface area contributed by atoms with Crippen LogP contribution in [0.3, 0.4) is 0 Å². The molecule has 1 rings (SSSR count). The van der Waals surface area contributed by atoms with Gasteiger partial charge in [-0.25, -0.2) is 0 Å². The fraction of sp³-hybridized carbons (Fsp3) is 0.364. The molecule has 0 bridgehead atoms. The van der Waals surface area contributed by atoms with Crippen molar-refractivity contribution in [3.63, 3.8) is 0 Å². The standard InChI is InChI=1S/C11H14O2/c1-9(8-12)7-11(13)10-5-3-2-4-6-10/h2-6,9,12H,7-8H2,1H3. The van der Waals surface area contributed by atoms with Gasteiger partial charge in [0, 0.05) is 18.6 Å². The van der Waals surface area contributed by atoms with Gasteiger partial charge < -0.3 is 5.11 Å². The molecule has 0 aliphatic rings. The molecule has 1 aromatic rings. The second-order valence-electron chi connectivity index (χ2n) is 3.28. The number of benzene rings is 1. The van der Waals surface area contributed by atoms with Crippen molar-refractivity contribution in [1.29, 1.82) is 0 Å². The summed E-state index contributed by atoms with van der Waals surface area (Å²) >= 11 is 0.